The number of aliphatic hydroxyl groups is 2. The predicted octanol–water partition coefficient (Wildman–Crippen LogP) is -3.61. The summed E-state index contributed by atoms with van der Waals surface area (Å²) in [5.41, 5.74) is 10.9. The molecular formula is C21H24N10O13P2-2. The first-order valence-corrected chi connectivity index (χ1v) is 16.2. The number of ether oxygens (including phenoxy) is 2. The van der Waals surface area contributed by atoms with Crippen LogP contribution in [0.15, 0.2) is 29.0 Å². The number of phosphoric ester groups is 2. The molecular weight excluding hydrogens is 662 g/mol. The number of rotatable bonds is 2. The second-order valence-corrected chi connectivity index (χ2v) is 13.2. The van der Waals surface area contributed by atoms with Crippen LogP contribution in [-0.2, 0) is 36.7 Å². The van der Waals surface area contributed by atoms with Gasteiger partial charge in [-0.15, -0.1) is 0 Å². The quantitative estimate of drug-likeness (QED) is 0.142. The molecule has 7 heterocycles. The normalized spacial score (nSPS) is 38.3. The van der Waals surface area contributed by atoms with E-state index in [2.05, 4.69) is 36.8 Å². The number of imidazole rings is 2. The van der Waals surface area contributed by atoms with Crippen LogP contribution in [0.25, 0.3) is 16.9 Å². The van der Waals surface area contributed by atoms with E-state index in [9.17, 15) is 33.9 Å². The van der Waals surface area contributed by atoms with Crippen molar-refractivity contribution in [2.45, 2.75) is 49.1 Å². The fourth-order valence-corrected chi connectivity index (χ4v) is 7.36. The Morgan fingerprint density at radius 3 is 2.13 bits per heavy atom. The van der Waals surface area contributed by atoms with Crippen molar-refractivity contribution >= 4 is 50.2 Å². The Labute approximate surface area is 255 Å². The molecule has 0 radical (unpaired) electrons. The van der Waals surface area contributed by atoms with Crippen LogP contribution in [0.4, 0.5) is 11.8 Å². The summed E-state index contributed by atoms with van der Waals surface area (Å²) in [6, 6.07) is 0. The maximum atomic E-state index is 13.0. The predicted molar refractivity (Wildman–Crippen MR) is 145 cm³/mol. The molecule has 0 spiro atoms. The number of nitrogens with one attached hydrogen (secondary N) is 2. The molecule has 3 aromatic heterocycles. The monoisotopic (exact) mass is 686 g/mol. The van der Waals surface area contributed by atoms with Crippen molar-refractivity contribution in [1.82, 2.24) is 34.4 Å². The summed E-state index contributed by atoms with van der Waals surface area (Å²) in [5, 5.41) is 24.9. The number of fused-ring (bicyclic) bond motifs is 4. The fourth-order valence-electron chi connectivity index (χ4n) is 5.47. The number of aliphatic imine (C=N–C) groups is 1. The summed E-state index contributed by atoms with van der Waals surface area (Å²) in [7, 11) is -10.7. The van der Waals surface area contributed by atoms with Gasteiger partial charge in [0.1, 0.15) is 42.3 Å². The maximum absolute atomic E-state index is 13.0. The van der Waals surface area contributed by atoms with Gasteiger partial charge in [0.15, 0.2) is 35.4 Å². The van der Waals surface area contributed by atoms with E-state index < -0.39 is 83.5 Å². The minimum absolute atomic E-state index is 0.0489. The van der Waals surface area contributed by atoms with E-state index in [0.717, 1.165) is 10.9 Å². The molecule has 0 amide bonds. The van der Waals surface area contributed by atoms with Crippen molar-refractivity contribution in [2.75, 3.05) is 18.9 Å². The number of phosphoric acid groups is 2. The van der Waals surface area contributed by atoms with Gasteiger partial charge in [-0.25, -0.2) is 9.97 Å². The van der Waals surface area contributed by atoms with Gasteiger partial charge in [0.25, 0.3) is 21.2 Å². The zero-order valence-electron chi connectivity index (χ0n) is 23.0. The molecule has 23 nitrogen and oxygen atoms in total. The lowest BCUT2D eigenvalue weighted by molar-refractivity contribution is -0.244. The van der Waals surface area contributed by atoms with E-state index in [4.69, 9.17) is 39.0 Å². The lowest BCUT2D eigenvalue weighted by Crippen LogP contribution is -2.41. The molecule has 3 saturated heterocycles. The van der Waals surface area contributed by atoms with Gasteiger partial charge in [-0.05, 0) is 0 Å². The van der Waals surface area contributed by atoms with Crippen LogP contribution in [0.5, 0.6) is 0 Å². The average molecular weight is 686 g/mol. The molecule has 8 N–H and O–H groups in total. The van der Waals surface area contributed by atoms with Gasteiger partial charge in [0.05, 0.1) is 31.6 Å². The highest BCUT2D eigenvalue weighted by Crippen LogP contribution is 2.51. The summed E-state index contributed by atoms with van der Waals surface area (Å²) < 4.78 is 60.1. The molecule has 3 aromatic rings. The summed E-state index contributed by atoms with van der Waals surface area (Å²) in [6.45, 7) is 1.94. The minimum atomic E-state index is -5.33. The largest absolute Gasteiger partial charge is 0.756 e. The minimum Gasteiger partial charge on any atom is -0.756 e. The summed E-state index contributed by atoms with van der Waals surface area (Å²) >= 11 is 0. The Morgan fingerprint density at radius 1 is 0.957 bits per heavy atom. The topological polar surface area (TPSA) is 334 Å². The number of anilines is 1. The molecule has 7 rings (SSSR count). The van der Waals surface area contributed by atoms with E-state index in [1.807, 2.05) is 0 Å². The van der Waals surface area contributed by atoms with Crippen LogP contribution in [0.1, 0.15) is 18.1 Å². The third-order valence-corrected chi connectivity index (χ3v) is 9.41. The average Bonchev–Trinajstić information content (AvgIpc) is 3.72. The zero-order valence-corrected chi connectivity index (χ0v) is 24.8. The number of guanidine groups is 1. The van der Waals surface area contributed by atoms with Gasteiger partial charge < -0.3 is 64.4 Å². The Balaban J connectivity index is 1.16. The van der Waals surface area contributed by atoms with Crippen LogP contribution >= 0.6 is 15.6 Å². The third-order valence-electron chi connectivity index (χ3n) is 7.47. The smallest absolute Gasteiger partial charge is 0.280 e. The molecule has 10 atom stereocenters. The summed E-state index contributed by atoms with van der Waals surface area (Å²) in [6.07, 6.45) is -10.9. The number of nitrogens with zero attached hydrogens (tertiary/aromatic N) is 6. The molecule has 0 saturated carbocycles. The second kappa shape index (κ2) is 11.0. The number of aromatic nitrogens is 6. The molecule has 0 bridgehead atoms. The van der Waals surface area contributed by atoms with Crippen molar-refractivity contribution in [3.8, 4) is 0 Å². The standard InChI is InChI=1S/C21H26N10O13P2/c1-6-9-15(27-20(22)26-6)30(4-24-9)18-11(32)13-7(41-18)2-39-46(37,38)44-14-8(3-40-45(35,36)43-13)42-19(12(14)33)31-5-25-10-16(31)28-21(23)29-17(10)34/h4-5,7-8,11-14,18-19,32-33H,1-3H2,(H,35,36)(H,37,38)(H3,22,26,27)(H3,23,28,29,34)/p-2/t7-,8-,11-,12-,13?,14?,18+,19+/m0/s1. The Kier molecular flexibility index (Phi) is 7.43. The Hall–Kier alpha value is -3.57. The first-order valence-electron chi connectivity index (χ1n) is 13.3. The highest BCUT2D eigenvalue weighted by molar-refractivity contribution is 7.46. The molecule has 4 aliphatic heterocycles. The van der Waals surface area contributed by atoms with Crippen LogP contribution in [0.3, 0.4) is 0 Å². The van der Waals surface area contributed by atoms with Gasteiger partial charge in [-0.1, -0.05) is 6.58 Å². The number of hydrogen-bond donors (Lipinski definition) is 6. The highest BCUT2D eigenvalue weighted by Gasteiger charge is 2.52. The maximum Gasteiger partial charge on any atom is 0.280 e. The zero-order chi connectivity index (χ0) is 32.7. The van der Waals surface area contributed by atoms with Gasteiger partial charge >= 0.3 is 0 Å². The molecule has 25 heteroatoms. The molecule has 4 unspecified atom stereocenters. The van der Waals surface area contributed by atoms with Crippen molar-refractivity contribution in [3.63, 3.8) is 0 Å². The number of H-pyrrole nitrogens is 1. The van der Waals surface area contributed by atoms with Gasteiger partial charge in [0.2, 0.25) is 5.95 Å². The number of nitrogens with two attached hydrogens (primary N) is 2. The number of hydrogen-bond acceptors (Lipinski definition) is 20. The van der Waals surface area contributed by atoms with E-state index >= 15 is 0 Å². The van der Waals surface area contributed by atoms with Gasteiger partial charge in [-0.3, -0.25) is 28.0 Å². The summed E-state index contributed by atoms with van der Waals surface area (Å²) in [4.78, 5) is 56.6. The Morgan fingerprint density at radius 2 is 1.52 bits per heavy atom. The van der Waals surface area contributed by atoms with E-state index in [1.54, 1.807) is 0 Å². The van der Waals surface area contributed by atoms with Crippen LogP contribution < -0.4 is 32.1 Å². The lowest BCUT2D eigenvalue weighted by Gasteiger charge is -2.34. The van der Waals surface area contributed by atoms with Gasteiger partial charge in [0, 0.05) is 0 Å². The number of aliphatic hydroxyl groups excluding tert-OH is 2. The highest BCUT2D eigenvalue weighted by atomic mass is 31.2. The van der Waals surface area contributed by atoms with Crippen molar-refractivity contribution in [3.05, 3.63) is 35.3 Å². The van der Waals surface area contributed by atoms with Crippen LogP contribution in [-0.4, -0.2) is 95.1 Å². The van der Waals surface area contributed by atoms with Crippen molar-refractivity contribution in [2.24, 2.45) is 10.7 Å². The number of aromatic amines is 1. The molecule has 46 heavy (non-hydrogen) atoms. The molecule has 0 aromatic carbocycles. The van der Waals surface area contributed by atoms with E-state index in [-0.39, 0.29) is 40.3 Å². The number of nitrogen functional groups attached to an aromatic ring is 1. The lowest BCUT2D eigenvalue weighted by atomic mass is 10.1. The fraction of sp³-hybridized carbons (Fsp3) is 0.476. The molecule has 248 valence electrons. The molecule has 3 fully saturated rings. The SMILES string of the molecule is C=C1NC(N)=Nc2c1ncn2[C@@H]1O[C@H]2COP(=O)([O-])OC3[C@H](COP(=O)([O-])OC2[C@@H]1O)O[C@@H](n1cnc2c(=O)[nH]c(N)nc21)[C@H]3O. The Bertz CT molecular complexity index is 1910. The molecule has 4 aliphatic rings. The first-order chi connectivity index (χ1) is 21.7. The second-order valence-electron chi connectivity index (χ2n) is 10.4. The molecule has 0 aliphatic carbocycles. The third kappa shape index (κ3) is 5.35. The van der Waals surface area contributed by atoms with Gasteiger partial charge in [-0.2, -0.15) is 9.98 Å². The van der Waals surface area contributed by atoms with E-state index in [0.29, 0.717) is 0 Å². The first kappa shape index (κ1) is 31.1. The van der Waals surface area contributed by atoms with Crippen molar-refractivity contribution < 1.29 is 56.7 Å². The van der Waals surface area contributed by atoms with Crippen molar-refractivity contribution in [1.29, 1.82) is 0 Å². The summed E-state index contributed by atoms with van der Waals surface area (Å²) in [5.74, 6) is -0.235. The van der Waals surface area contributed by atoms with Crippen LogP contribution in [0.2, 0.25) is 0 Å². The van der Waals surface area contributed by atoms with Crippen LogP contribution in [0, 0.1) is 0 Å². The van der Waals surface area contributed by atoms with E-state index in [1.165, 1.54) is 10.9 Å².